The fourth-order valence-electron chi connectivity index (χ4n) is 2.69. The van der Waals surface area contributed by atoms with E-state index in [9.17, 15) is 14.7 Å². The van der Waals surface area contributed by atoms with Crippen molar-refractivity contribution in [3.8, 4) is 5.75 Å². The predicted molar refractivity (Wildman–Crippen MR) is 103 cm³/mol. The Bertz CT molecular complexity index is 755. The lowest BCUT2D eigenvalue weighted by atomic mass is 9.76. The first-order chi connectivity index (χ1) is 12.5. The second-order valence-corrected chi connectivity index (χ2v) is 7.45. The molecule has 8 heteroatoms. The van der Waals surface area contributed by atoms with Gasteiger partial charge in [0.25, 0.3) is 0 Å². The van der Waals surface area contributed by atoms with Crippen LogP contribution in [0.2, 0.25) is 0 Å². The van der Waals surface area contributed by atoms with E-state index in [0.29, 0.717) is 11.0 Å². The van der Waals surface area contributed by atoms with Crippen LogP contribution >= 0.6 is 0 Å². The number of carbonyl (C=O) groups is 2. The summed E-state index contributed by atoms with van der Waals surface area (Å²) in [5.74, 6) is -1.06. The molecule has 0 bridgehead atoms. The second-order valence-electron chi connectivity index (χ2n) is 7.45. The maximum atomic E-state index is 11.7. The molecular weight excluding hydrogens is 349 g/mol. The summed E-state index contributed by atoms with van der Waals surface area (Å²) in [7, 11) is 0.705. The lowest BCUT2D eigenvalue weighted by molar-refractivity contribution is -0.118. The number of hydrogen-bond donors (Lipinski definition) is 2. The fourth-order valence-corrected chi connectivity index (χ4v) is 2.69. The van der Waals surface area contributed by atoms with Crippen LogP contribution in [0, 0.1) is 0 Å². The quantitative estimate of drug-likeness (QED) is 0.743. The first-order valence-corrected chi connectivity index (χ1v) is 8.69. The third-order valence-electron chi connectivity index (χ3n) is 4.93. The van der Waals surface area contributed by atoms with E-state index in [0.717, 1.165) is 0 Å². The lowest BCUT2D eigenvalue weighted by Crippen LogP contribution is -2.41. The number of methoxy groups -OCH3 is 1. The smallest absolute Gasteiger partial charge is 0.492 e. The van der Waals surface area contributed by atoms with Crippen molar-refractivity contribution >= 4 is 25.1 Å². The molecule has 0 unspecified atom stereocenters. The van der Waals surface area contributed by atoms with Crippen LogP contribution in [-0.4, -0.2) is 49.0 Å². The lowest BCUT2D eigenvalue weighted by Gasteiger charge is -2.32. The summed E-state index contributed by atoms with van der Waals surface area (Å²) in [5, 5.41) is 12.3. The number of nitrogens with one attached hydrogen (secondary N) is 1. The van der Waals surface area contributed by atoms with E-state index in [1.54, 1.807) is 24.3 Å². The molecule has 1 saturated heterocycles. The molecule has 0 aliphatic carbocycles. The van der Waals surface area contributed by atoms with Crippen LogP contribution in [0.5, 0.6) is 5.75 Å². The number of hydrogen-bond acceptors (Lipinski definition) is 5. The SMILES string of the molecule is COc1cccc(C=C(CNC(C)=O)B2OC(C)(C)C(C)(C)O2)c1C(=O)O. The van der Waals surface area contributed by atoms with Gasteiger partial charge in [-0.1, -0.05) is 18.2 Å². The van der Waals surface area contributed by atoms with Crippen molar-refractivity contribution in [2.24, 2.45) is 0 Å². The molecule has 0 radical (unpaired) electrons. The Hall–Kier alpha value is -2.32. The topological polar surface area (TPSA) is 94.1 Å². The maximum absolute atomic E-state index is 11.7. The zero-order valence-corrected chi connectivity index (χ0v) is 16.6. The van der Waals surface area contributed by atoms with Crippen LogP contribution in [0.15, 0.2) is 23.7 Å². The van der Waals surface area contributed by atoms with Crippen molar-refractivity contribution in [3.63, 3.8) is 0 Å². The predicted octanol–water partition coefficient (Wildman–Crippen LogP) is 2.54. The van der Waals surface area contributed by atoms with Gasteiger partial charge >= 0.3 is 13.1 Å². The number of rotatable bonds is 6. The first kappa shape index (κ1) is 21.0. The molecule has 0 atom stereocenters. The Morgan fingerprint density at radius 2 is 1.81 bits per heavy atom. The van der Waals surface area contributed by atoms with E-state index >= 15 is 0 Å². The molecular formula is C19H26BNO6. The van der Waals surface area contributed by atoms with Crippen LogP contribution in [0.1, 0.15) is 50.5 Å². The second kappa shape index (κ2) is 7.74. The van der Waals surface area contributed by atoms with E-state index in [1.807, 2.05) is 27.7 Å². The highest BCUT2D eigenvalue weighted by molar-refractivity contribution is 6.56. The fraction of sp³-hybridized carbons (Fsp3) is 0.474. The van der Waals surface area contributed by atoms with Gasteiger partial charge in [-0.2, -0.15) is 0 Å². The van der Waals surface area contributed by atoms with Gasteiger partial charge in [0, 0.05) is 13.5 Å². The van der Waals surface area contributed by atoms with Crippen LogP contribution in [0.25, 0.3) is 6.08 Å². The highest BCUT2D eigenvalue weighted by atomic mass is 16.7. The summed E-state index contributed by atoms with van der Waals surface area (Å²) in [6, 6.07) is 4.96. The largest absolute Gasteiger partial charge is 0.496 e. The number of aromatic carboxylic acids is 1. The Morgan fingerprint density at radius 1 is 1.22 bits per heavy atom. The number of carbonyl (C=O) groups excluding carboxylic acids is 1. The highest BCUT2D eigenvalue weighted by Crippen LogP contribution is 2.39. The Labute approximate surface area is 159 Å². The standard InChI is InChI=1S/C19H26BNO6/c1-12(22)21-11-14(20-26-18(2,3)19(4,5)27-20)10-13-8-7-9-15(25-6)16(13)17(23)24/h7-10H,11H2,1-6H3,(H,21,22)(H,23,24). The van der Waals surface area contributed by atoms with E-state index in [-0.39, 0.29) is 23.8 Å². The molecule has 7 nitrogen and oxygen atoms in total. The monoisotopic (exact) mass is 375 g/mol. The molecule has 0 spiro atoms. The number of amides is 1. The van der Waals surface area contributed by atoms with Crippen molar-refractivity contribution in [2.75, 3.05) is 13.7 Å². The molecule has 1 aliphatic heterocycles. The summed E-state index contributed by atoms with van der Waals surface area (Å²) < 4.78 is 17.3. The summed E-state index contributed by atoms with van der Waals surface area (Å²) in [6.07, 6.45) is 1.67. The van der Waals surface area contributed by atoms with Crippen molar-refractivity contribution in [2.45, 2.75) is 45.8 Å². The minimum absolute atomic E-state index is 0.0387. The third-order valence-corrected chi connectivity index (χ3v) is 4.93. The molecule has 1 aromatic carbocycles. The normalized spacial score (nSPS) is 18.3. The Morgan fingerprint density at radius 3 is 2.30 bits per heavy atom. The van der Waals surface area contributed by atoms with Gasteiger partial charge in [0.1, 0.15) is 11.3 Å². The van der Waals surface area contributed by atoms with Gasteiger partial charge < -0.3 is 24.5 Å². The third kappa shape index (κ3) is 4.51. The van der Waals surface area contributed by atoms with Gasteiger partial charge in [0.15, 0.2) is 0 Å². The van der Waals surface area contributed by atoms with Gasteiger partial charge in [-0.15, -0.1) is 0 Å². The van der Waals surface area contributed by atoms with Gasteiger partial charge in [0.2, 0.25) is 5.91 Å². The van der Waals surface area contributed by atoms with Crippen LogP contribution in [0.3, 0.4) is 0 Å². The molecule has 0 saturated carbocycles. The molecule has 2 N–H and O–H groups in total. The van der Waals surface area contributed by atoms with Crippen molar-refractivity contribution < 1.29 is 28.7 Å². The molecule has 27 heavy (non-hydrogen) atoms. The summed E-state index contributed by atoms with van der Waals surface area (Å²) in [5.41, 5.74) is -0.0260. The zero-order valence-electron chi connectivity index (χ0n) is 16.6. The zero-order chi connectivity index (χ0) is 20.4. The summed E-state index contributed by atoms with van der Waals surface area (Å²) in [4.78, 5) is 23.1. The molecule has 1 aliphatic rings. The molecule has 0 aromatic heterocycles. The number of ether oxygens (including phenoxy) is 1. The van der Waals surface area contributed by atoms with Crippen LogP contribution in [-0.2, 0) is 14.1 Å². The van der Waals surface area contributed by atoms with E-state index in [4.69, 9.17) is 14.0 Å². The van der Waals surface area contributed by atoms with E-state index in [1.165, 1.54) is 14.0 Å². The molecule has 1 fully saturated rings. The molecule has 1 heterocycles. The number of benzene rings is 1. The Balaban J connectivity index is 2.50. The van der Waals surface area contributed by atoms with Crippen molar-refractivity contribution in [3.05, 3.63) is 34.8 Å². The summed E-state index contributed by atoms with van der Waals surface area (Å²) >= 11 is 0. The van der Waals surface area contributed by atoms with Crippen LogP contribution < -0.4 is 10.1 Å². The average Bonchev–Trinajstić information content (AvgIpc) is 2.78. The van der Waals surface area contributed by atoms with E-state index < -0.39 is 24.3 Å². The molecule has 2 rings (SSSR count). The maximum Gasteiger partial charge on any atom is 0.492 e. The Kier molecular flexibility index (Phi) is 6.02. The molecule has 1 amide bonds. The van der Waals surface area contributed by atoms with Gasteiger partial charge in [0.05, 0.1) is 18.3 Å². The molecule has 1 aromatic rings. The van der Waals surface area contributed by atoms with Gasteiger partial charge in [-0.25, -0.2) is 4.79 Å². The van der Waals surface area contributed by atoms with Crippen molar-refractivity contribution in [1.82, 2.24) is 5.32 Å². The first-order valence-electron chi connectivity index (χ1n) is 8.69. The average molecular weight is 375 g/mol. The van der Waals surface area contributed by atoms with E-state index in [2.05, 4.69) is 5.32 Å². The van der Waals surface area contributed by atoms with Crippen LogP contribution in [0.4, 0.5) is 0 Å². The number of carboxylic acids is 1. The minimum Gasteiger partial charge on any atom is -0.496 e. The van der Waals surface area contributed by atoms with Gasteiger partial charge in [-0.05, 0) is 44.8 Å². The van der Waals surface area contributed by atoms with Gasteiger partial charge in [-0.3, -0.25) is 4.79 Å². The van der Waals surface area contributed by atoms with Crippen molar-refractivity contribution in [1.29, 1.82) is 0 Å². The minimum atomic E-state index is -1.11. The summed E-state index contributed by atoms with van der Waals surface area (Å²) in [6.45, 7) is 9.29. The number of carboxylic acid groups (broad SMARTS) is 1. The highest BCUT2D eigenvalue weighted by Gasteiger charge is 2.52. The molecule has 146 valence electrons.